The molecule has 0 aliphatic carbocycles. The van der Waals surface area contributed by atoms with Crippen molar-refractivity contribution in [3.63, 3.8) is 0 Å². The van der Waals surface area contributed by atoms with Crippen LogP contribution in [0.4, 0.5) is 5.82 Å². The summed E-state index contributed by atoms with van der Waals surface area (Å²) in [7, 11) is 0. The summed E-state index contributed by atoms with van der Waals surface area (Å²) >= 11 is 0. The number of carbonyl (C=O) groups is 1. The van der Waals surface area contributed by atoms with Gasteiger partial charge < -0.3 is 9.73 Å². The number of nitriles is 1. The van der Waals surface area contributed by atoms with Crippen LogP contribution in [0.15, 0.2) is 70.3 Å². The molecule has 0 aliphatic rings. The fraction of sp³-hybridized carbons (Fsp3) is 0.0455. The van der Waals surface area contributed by atoms with Gasteiger partial charge in [0.1, 0.15) is 23.5 Å². The molecule has 0 atom stereocenters. The van der Waals surface area contributed by atoms with Gasteiger partial charge in [-0.15, -0.1) is 0 Å². The number of rotatable bonds is 4. The first-order chi connectivity index (χ1) is 14.6. The molecule has 3 aromatic heterocycles. The SMILES string of the molecule is Cc1ccc2occ(/C=C/C(=O)Nc3c(C#N)cnn3-c3ccccn3)c(=O)c2c1. The van der Waals surface area contributed by atoms with Gasteiger partial charge >= 0.3 is 0 Å². The molecule has 1 aromatic carbocycles. The highest BCUT2D eigenvalue weighted by atomic mass is 16.3. The zero-order valence-electron chi connectivity index (χ0n) is 15.9. The third-order valence-corrected chi connectivity index (χ3v) is 4.37. The highest BCUT2D eigenvalue weighted by molar-refractivity contribution is 6.02. The highest BCUT2D eigenvalue weighted by Gasteiger charge is 2.15. The Bertz CT molecular complexity index is 1380. The summed E-state index contributed by atoms with van der Waals surface area (Å²) in [5, 5.41) is 16.5. The molecule has 0 radical (unpaired) electrons. The van der Waals surface area contributed by atoms with E-state index in [9.17, 15) is 14.9 Å². The minimum atomic E-state index is -0.534. The van der Waals surface area contributed by atoms with Crippen molar-refractivity contribution >= 4 is 28.8 Å². The number of nitrogens with zero attached hydrogens (tertiary/aromatic N) is 4. The van der Waals surface area contributed by atoms with E-state index in [1.54, 1.807) is 36.5 Å². The van der Waals surface area contributed by atoms with Crippen molar-refractivity contribution in [2.24, 2.45) is 0 Å². The molecule has 0 saturated heterocycles. The van der Waals surface area contributed by atoms with Crippen LogP contribution in [0.3, 0.4) is 0 Å². The number of amides is 1. The first-order valence-corrected chi connectivity index (χ1v) is 8.97. The quantitative estimate of drug-likeness (QED) is 0.529. The van der Waals surface area contributed by atoms with Gasteiger partial charge in [-0.05, 0) is 37.3 Å². The number of aromatic nitrogens is 3. The predicted molar refractivity (Wildman–Crippen MR) is 111 cm³/mol. The van der Waals surface area contributed by atoms with E-state index in [2.05, 4.69) is 15.4 Å². The van der Waals surface area contributed by atoms with E-state index in [4.69, 9.17) is 4.42 Å². The van der Waals surface area contributed by atoms with Crippen LogP contribution in [0.2, 0.25) is 0 Å². The van der Waals surface area contributed by atoms with Gasteiger partial charge in [0, 0.05) is 12.3 Å². The average molecular weight is 397 g/mol. The molecule has 30 heavy (non-hydrogen) atoms. The Morgan fingerprint density at radius 2 is 2.17 bits per heavy atom. The number of benzene rings is 1. The zero-order chi connectivity index (χ0) is 21.1. The summed E-state index contributed by atoms with van der Waals surface area (Å²) in [6.07, 6.45) is 6.80. The van der Waals surface area contributed by atoms with Crippen molar-refractivity contribution in [3.8, 4) is 11.9 Å². The fourth-order valence-electron chi connectivity index (χ4n) is 2.90. The molecule has 0 unspecified atom stereocenters. The first kappa shape index (κ1) is 18.8. The lowest BCUT2D eigenvalue weighted by Gasteiger charge is -2.07. The maximum atomic E-state index is 12.6. The lowest BCUT2D eigenvalue weighted by atomic mass is 10.1. The van der Waals surface area contributed by atoms with Crippen LogP contribution >= 0.6 is 0 Å². The van der Waals surface area contributed by atoms with Gasteiger partial charge in [0.05, 0.1) is 17.1 Å². The Kier molecular flexibility index (Phi) is 4.93. The van der Waals surface area contributed by atoms with Gasteiger partial charge in [0.15, 0.2) is 17.1 Å². The van der Waals surface area contributed by atoms with Crippen molar-refractivity contribution in [1.29, 1.82) is 5.26 Å². The van der Waals surface area contributed by atoms with Gasteiger partial charge in [-0.2, -0.15) is 15.0 Å². The molecule has 0 aliphatic heterocycles. The van der Waals surface area contributed by atoms with Crippen LogP contribution < -0.4 is 10.7 Å². The standard InChI is InChI=1S/C22H15N5O3/c1-14-5-7-18-17(10-14)21(29)15(13-30-18)6-8-20(28)26-22-16(11-23)12-25-27(22)19-4-2-3-9-24-19/h2-10,12-13H,1H3,(H,26,28)/b8-6+. The molecule has 0 spiro atoms. The molecular weight excluding hydrogens is 382 g/mol. The number of pyridine rings is 1. The summed E-state index contributed by atoms with van der Waals surface area (Å²) in [5.74, 6) is 0.101. The molecule has 1 amide bonds. The number of aryl methyl sites for hydroxylation is 1. The normalized spacial score (nSPS) is 10.9. The van der Waals surface area contributed by atoms with Gasteiger partial charge in [-0.25, -0.2) is 4.98 Å². The van der Waals surface area contributed by atoms with Crippen LogP contribution in [0, 0.1) is 18.3 Å². The minimum absolute atomic E-state index is 0.183. The van der Waals surface area contributed by atoms with Gasteiger partial charge in [0.2, 0.25) is 5.91 Å². The molecule has 0 bridgehead atoms. The fourth-order valence-corrected chi connectivity index (χ4v) is 2.90. The van der Waals surface area contributed by atoms with Crippen molar-refractivity contribution in [2.45, 2.75) is 6.92 Å². The summed E-state index contributed by atoms with van der Waals surface area (Å²) < 4.78 is 6.84. The molecule has 1 N–H and O–H groups in total. The second-order valence-electron chi connectivity index (χ2n) is 6.46. The van der Waals surface area contributed by atoms with E-state index in [0.29, 0.717) is 16.8 Å². The summed E-state index contributed by atoms with van der Waals surface area (Å²) in [5.41, 5.74) is 1.59. The smallest absolute Gasteiger partial charge is 0.249 e. The molecule has 0 fully saturated rings. The molecule has 146 valence electrons. The number of carbonyl (C=O) groups excluding carboxylic acids is 1. The largest absolute Gasteiger partial charge is 0.463 e. The number of fused-ring (bicyclic) bond motifs is 1. The zero-order valence-corrected chi connectivity index (χ0v) is 15.9. The van der Waals surface area contributed by atoms with Gasteiger partial charge in [-0.1, -0.05) is 17.7 Å². The minimum Gasteiger partial charge on any atom is -0.463 e. The molecular formula is C22H15N5O3. The third kappa shape index (κ3) is 3.59. The number of hydrogen-bond acceptors (Lipinski definition) is 6. The second kappa shape index (κ2) is 7.85. The third-order valence-electron chi connectivity index (χ3n) is 4.37. The first-order valence-electron chi connectivity index (χ1n) is 8.97. The molecule has 4 aromatic rings. The van der Waals surface area contributed by atoms with Crippen molar-refractivity contribution in [3.05, 3.63) is 88.0 Å². The van der Waals surface area contributed by atoms with E-state index in [0.717, 1.165) is 5.56 Å². The summed E-state index contributed by atoms with van der Waals surface area (Å²) in [4.78, 5) is 29.3. The van der Waals surface area contributed by atoms with Gasteiger partial charge in [0.25, 0.3) is 0 Å². The van der Waals surface area contributed by atoms with E-state index in [-0.39, 0.29) is 22.4 Å². The Labute approximate surface area is 170 Å². The lowest BCUT2D eigenvalue weighted by Crippen LogP contribution is -2.14. The monoisotopic (exact) mass is 397 g/mol. The van der Waals surface area contributed by atoms with E-state index in [1.165, 1.54) is 29.3 Å². The molecule has 8 nitrogen and oxygen atoms in total. The second-order valence-corrected chi connectivity index (χ2v) is 6.46. The highest BCUT2D eigenvalue weighted by Crippen LogP contribution is 2.18. The molecule has 8 heteroatoms. The maximum Gasteiger partial charge on any atom is 0.249 e. The summed E-state index contributed by atoms with van der Waals surface area (Å²) in [6.45, 7) is 1.88. The van der Waals surface area contributed by atoms with E-state index in [1.807, 2.05) is 19.1 Å². The number of nitrogens with one attached hydrogen (secondary N) is 1. The van der Waals surface area contributed by atoms with Gasteiger partial charge in [-0.3, -0.25) is 9.59 Å². The number of hydrogen-bond donors (Lipinski definition) is 1. The molecule has 4 rings (SSSR count). The Morgan fingerprint density at radius 1 is 1.30 bits per heavy atom. The van der Waals surface area contributed by atoms with Crippen molar-refractivity contribution < 1.29 is 9.21 Å². The Balaban J connectivity index is 1.62. The topological polar surface area (TPSA) is 114 Å². The summed E-state index contributed by atoms with van der Waals surface area (Å²) in [6, 6.07) is 12.5. The Hall–Kier alpha value is -4.51. The van der Waals surface area contributed by atoms with Crippen LogP contribution in [0.5, 0.6) is 0 Å². The van der Waals surface area contributed by atoms with Crippen LogP contribution in [0.25, 0.3) is 22.9 Å². The van der Waals surface area contributed by atoms with Crippen LogP contribution in [0.1, 0.15) is 16.7 Å². The predicted octanol–water partition coefficient (Wildman–Crippen LogP) is 3.21. The Morgan fingerprint density at radius 3 is 2.93 bits per heavy atom. The average Bonchev–Trinajstić information content (AvgIpc) is 3.16. The van der Waals surface area contributed by atoms with Crippen LogP contribution in [-0.4, -0.2) is 20.7 Å². The maximum absolute atomic E-state index is 12.6. The van der Waals surface area contributed by atoms with E-state index >= 15 is 0 Å². The molecule has 0 saturated carbocycles. The van der Waals surface area contributed by atoms with Crippen LogP contribution in [-0.2, 0) is 4.79 Å². The number of anilines is 1. The van der Waals surface area contributed by atoms with Crippen molar-refractivity contribution in [2.75, 3.05) is 5.32 Å². The van der Waals surface area contributed by atoms with Crippen molar-refractivity contribution in [1.82, 2.24) is 14.8 Å². The van der Waals surface area contributed by atoms with E-state index < -0.39 is 5.91 Å². The molecule has 3 heterocycles. The lowest BCUT2D eigenvalue weighted by molar-refractivity contribution is -0.111.